The van der Waals surface area contributed by atoms with E-state index in [0.717, 1.165) is 49.9 Å². The van der Waals surface area contributed by atoms with Crippen LogP contribution in [-0.2, 0) is 11.3 Å². The lowest BCUT2D eigenvalue weighted by molar-refractivity contribution is -0.0161. The van der Waals surface area contributed by atoms with Crippen molar-refractivity contribution in [2.75, 3.05) is 40.3 Å². The van der Waals surface area contributed by atoms with Gasteiger partial charge >= 0.3 is 0 Å². The van der Waals surface area contributed by atoms with Gasteiger partial charge in [0.05, 0.1) is 18.8 Å². The molecule has 1 saturated heterocycles. The molecule has 0 bridgehead atoms. The van der Waals surface area contributed by atoms with Gasteiger partial charge in [0.2, 0.25) is 0 Å². The number of rotatable bonds is 7. The van der Waals surface area contributed by atoms with Crippen LogP contribution in [0.1, 0.15) is 31.4 Å². The molecule has 0 amide bonds. The van der Waals surface area contributed by atoms with E-state index in [-0.39, 0.29) is 36.2 Å². The number of halogens is 1. The average Bonchev–Trinajstić information content (AvgIpc) is 2.63. The van der Waals surface area contributed by atoms with Crippen molar-refractivity contribution in [1.29, 1.82) is 0 Å². The summed E-state index contributed by atoms with van der Waals surface area (Å²) in [6, 6.07) is 6.33. The SMILES string of the molecule is CCC(C)Oc1cc(C)ccc1CNC(=NC)NCC1CN(C)CCO1.I. The van der Waals surface area contributed by atoms with Crippen LogP contribution in [0.5, 0.6) is 5.75 Å². The molecule has 2 N–H and O–H groups in total. The fourth-order valence-electron chi connectivity index (χ4n) is 2.82. The number of aryl methyl sites for hydroxylation is 1. The van der Waals surface area contributed by atoms with Crippen molar-refractivity contribution in [3.8, 4) is 5.75 Å². The Morgan fingerprint density at radius 1 is 1.41 bits per heavy atom. The van der Waals surface area contributed by atoms with Gasteiger partial charge in [0, 0.05) is 38.8 Å². The number of aliphatic imine (C=N–C) groups is 1. The molecular weight excluding hydrogens is 455 g/mol. The zero-order chi connectivity index (χ0) is 18.9. The highest BCUT2D eigenvalue weighted by atomic mass is 127. The molecule has 154 valence electrons. The molecule has 0 saturated carbocycles. The monoisotopic (exact) mass is 490 g/mol. The van der Waals surface area contributed by atoms with E-state index < -0.39 is 0 Å². The zero-order valence-electron chi connectivity index (χ0n) is 17.2. The summed E-state index contributed by atoms with van der Waals surface area (Å²) < 4.78 is 11.9. The first-order chi connectivity index (χ1) is 12.5. The van der Waals surface area contributed by atoms with Crippen LogP contribution in [0.2, 0.25) is 0 Å². The van der Waals surface area contributed by atoms with Gasteiger partial charge in [-0.15, -0.1) is 24.0 Å². The summed E-state index contributed by atoms with van der Waals surface area (Å²) in [5.74, 6) is 1.72. The molecule has 0 aromatic heterocycles. The van der Waals surface area contributed by atoms with E-state index in [1.807, 2.05) is 0 Å². The first kappa shape index (κ1) is 24.0. The van der Waals surface area contributed by atoms with E-state index in [2.05, 4.69) is 66.5 Å². The summed E-state index contributed by atoms with van der Waals surface area (Å²) in [5.41, 5.74) is 2.33. The second-order valence-corrected chi connectivity index (χ2v) is 7.01. The predicted molar refractivity (Wildman–Crippen MR) is 122 cm³/mol. The quantitative estimate of drug-likeness (QED) is 0.350. The lowest BCUT2D eigenvalue weighted by Gasteiger charge is -2.30. The van der Waals surface area contributed by atoms with Crippen molar-refractivity contribution in [2.45, 2.75) is 45.9 Å². The van der Waals surface area contributed by atoms with E-state index in [1.54, 1.807) is 7.05 Å². The molecule has 1 aromatic carbocycles. The summed E-state index contributed by atoms with van der Waals surface area (Å²) in [5, 5.41) is 6.74. The normalized spacial score (nSPS) is 19.1. The first-order valence-electron chi connectivity index (χ1n) is 9.52. The third kappa shape index (κ3) is 8.23. The molecular formula is C20H35IN4O2. The summed E-state index contributed by atoms with van der Waals surface area (Å²) >= 11 is 0. The maximum absolute atomic E-state index is 6.08. The number of benzene rings is 1. The largest absolute Gasteiger partial charge is 0.490 e. The van der Waals surface area contributed by atoms with Crippen LogP contribution in [0.15, 0.2) is 23.2 Å². The highest BCUT2D eigenvalue weighted by molar-refractivity contribution is 14.0. The number of nitrogens with zero attached hydrogens (tertiary/aromatic N) is 2. The van der Waals surface area contributed by atoms with Gasteiger partial charge < -0.3 is 25.0 Å². The van der Waals surface area contributed by atoms with Gasteiger partial charge in [-0.05, 0) is 38.9 Å². The van der Waals surface area contributed by atoms with E-state index in [1.165, 1.54) is 5.56 Å². The topological polar surface area (TPSA) is 58.1 Å². The van der Waals surface area contributed by atoms with Crippen molar-refractivity contribution in [3.05, 3.63) is 29.3 Å². The maximum atomic E-state index is 6.08. The molecule has 0 aliphatic carbocycles. The Kier molecular flexibility index (Phi) is 11.0. The first-order valence-corrected chi connectivity index (χ1v) is 9.52. The molecule has 1 aliphatic rings. The maximum Gasteiger partial charge on any atom is 0.191 e. The average molecular weight is 490 g/mol. The van der Waals surface area contributed by atoms with Crippen LogP contribution in [0, 0.1) is 6.92 Å². The number of nitrogens with one attached hydrogen (secondary N) is 2. The van der Waals surface area contributed by atoms with Gasteiger partial charge in [-0.3, -0.25) is 4.99 Å². The van der Waals surface area contributed by atoms with Crippen LogP contribution < -0.4 is 15.4 Å². The summed E-state index contributed by atoms with van der Waals surface area (Å²) in [7, 11) is 3.91. The fraction of sp³-hybridized carbons (Fsp3) is 0.650. The molecule has 1 aliphatic heterocycles. The van der Waals surface area contributed by atoms with Crippen molar-refractivity contribution >= 4 is 29.9 Å². The van der Waals surface area contributed by atoms with Crippen molar-refractivity contribution in [1.82, 2.24) is 15.5 Å². The molecule has 1 fully saturated rings. The van der Waals surface area contributed by atoms with Crippen molar-refractivity contribution < 1.29 is 9.47 Å². The summed E-state index contributed by atoms with van der Waals surface area (Å²) in [4.78, 5) is 6.60. The van der Waals surface area contributed by atoms with E-state index in [9.17, 15) is 0 Å². The number of hydrogen-bond acceptors (Lipinski definition) is 4. The summed E-state index contributed by atoms with van der Waals surface area (Å²) in [6.45, 7) is 10.4. The molecule has 0 spiro atoms. The summed E-state index contributed by atoms with van der Waals surface area (Å²) in [6.07, 6.45) is 1.38. The minimum Gasteiger partial charge on any atom is -0.490 e. The minimum absolute atomic E-state index is 0. The Morgan fingerprint density at radius 2 is 2.19 bits per heavy atom. The number of likely N-dealkylation sites (N-methyl/N-ethyl adjacent to an activating group) is 1. The third-order valence-electron chi connectivity index (χ3n) is 4.63. The Balaban J connectivity index is 0.00000364. The van der Waals surface area contributed by atoms with Gasteiger partial charge in [0.25, 0.3) is 0 Å². The van der Waals surface area contributed by atoms with Crippen LogP contribution in [-0.4, -0.2) is 63.4 Å². The third-order valence-corrected chi connectivity index (χ3v) is 4.63. The smallest absolute Gasteiger partial charge is 0.191 e. The van der Waals surface area contributed by atoms with E-state index in [0.29, 0.717) is 6.54 Å². The zero-order valence-corrected chi connectivity index (χ0v) is 19.6. The molecule has 1 heterocycles. The molecule has 2 rings (SSSR count). The number of ether oxygens (including phenoxy) is 2. The lowest BCUT2D eigenvalue weighted by Crippen LogP contribution is -2.48. The highest BCUT2D eigenvalue weighted by Gasteiger charge is 2.17. The molecule has 1 aromatic rings. The molecule has 7 heteroatoms. The van der Waals surface area contributed by atoms with Gasteiger partial charge in [-0.1, -0.05) is 19.1 Å². The second kappa shape index (κ2) is 12.4. The molecule has 27 heavy (non-hydrogen) atoms. The van der Waals surface area contributed by atoms with Crippen molar-refractivity contribution in [2.24, 2.45) is 4.99 Å². The van der Waals surface area contributed by atoms with Crippen LogP contribution in [0.4, 0.5) is 0 Å². The van der Waals surface area contributed by atoms with Gasteiger partial charge in [0.15, 0.2) is 5.96 Å². The minimum atomic E-state index is 0. The van der Waals surface area contributed by atoms with Gasteiger partial charge in [0.1, 0.15) is 5.75 Å². The molecule has 2 unspecified atom stereocenters. The highest BCUT2D eigenvalue weighted by Crippen LogP contribution is 2.22. The van der Waals surface area contributed by atoms with Gasteiger partial charge in [-0.25, -0.2) is 0 Å². The second-order valence-electron chi connectivity index (χ2n) is 7.01. The number of hydrogen-bond donors (Lipinski definition) is 2. The molecule has 0 radical (unpaired) electrons. The van der Waals surface area contributed by atoms with E-state index in [4.69, 9.17) is 9.47 Å². The Morgan fingerprint density at radius 3 is 2.85 bits per heavy atom. The number of morpholine rings is 1. The molecule has 2 atom stereocenters. The molecule has 6 nitrogen and oxygen atoms in total. The number of guanidine groups is 1. The predicted octanol–water partition coefficient (Wildman–Crippen LogP) is 2.79. The Labute approximate surface area is 181 Å². The Hall–Kier alpha value is -1.06. The van der Waals surface area contributed by atoms with Crippen LogP contribution >= 0.6 is 24.0 Å². The lowest BCUT2D eigenvalue weighted by atomic mass is 10.1. The fourth-order valence-corrected chi connectivity index (χ4v) is 2.82. The van der Waals surface area contributed by atoms with Crippen LogP contribution in [0.3, 0.4) is 0 Å². The van der Waals surface area contributed by atoms with Crippen LogP contribution in [0.25, 0.3) is 0 Å². The van der Waals surface area contributed by atoms with Crippen molar-refractivity contribution in [3.63, 3.8) is 0 Å². The Bertz CT molecular complexity index is 597. The van der Waals surface area contributed by atoms with E-state index >= 15 is 0 Å². The van der Waals surface area contributed by atoms with Gasteiger partial charge in [-0.2, -0.15) is 0 Å². The standard InChI is InChI=1S/C20H34N4O2.HI/c1-6-16(3)26-19-11-15(2)7-8-17(19)12-22-20(21-4)23-13-18-14-24(5)9-10-25-18;/h7-8,11,16,18H,6,9-10,12-14H2,1-5H3,(H2,21,22,23);1H.